The molecule has 2 aromatic carbocycles. The number of hydrogen-bond acceptors (Lipinski definition) is 4. The highest BCUT2D eigenvalue weighted by molar-refractivity contribution is 7.80. The Hall–Kier alpha value is -2.86. The number of hydrogen-bond donors (Lipinski definition) is 2. The zero-order valence-corrected chi connectivity index (χ0v) is 16.3. The molecule has 0 unspecified atom stereocenters. The van der Waals surface area contributed by atoms with Gasteiger partial charge in [0.05, 0.1) is 12.3 Å². The molecule has 6 heteroatoms. The first-order valence-electron chi connectivity index (χ1n) is 8.67. The summed E-state index contributed by atoms with van der Waals surface area (Å²) >= 11 is 5.25. The molecule has 2 aromatic rings. The summed E-state index contributed by atoms with van der Waals surface area (Å²) in [6, 6.07) is 14.3. The number of para-hydroxylation sites is 2. The van der Waals surface area contributed by atoms with E-state index in [9.17, 15) is 4.79 Å². The molecule has 1 amide bonds. The lowest BCUT2D eigenvalue weighted by molar-refractivity contribution is 0.0977. The highest BCUT2D eigenvalue weighted by Gasteiger charge is 2.11. The van der Waals surface area contributed by atoms with Crippen molar-refractivity contribution >= 4 is 28.9 Å². The van der Waals surface area contributed by atoms with E-state index in [0.29, 0.717) is 41.9 Å². The lowest BCUT2D eigenvalue weighted by atomic mass is 10.2. The molecule has 142 valence electrons. The molecule has 0 bridgehead atoms. The van der Waals surface area contributed by atoms with Crippen molar-refractivity contribution in [2.75, 3.05) is 18.5 Å². The highest BCUT2D eigenvalue weighted by atomic mass is 32.1. The Bertz CT molecular complexity index is 806. The third-order valence-corrected chi connectivity index (χ3v) is 3.60. The second-order valence-corrected chi connectivity index (χ2v) is 6.65. The Morgan fingerprint density at radius 1 is 1.19 bits per heavy atom. The van der Waals surface area contributed by atoms with Crippen LogP contribution in [-0.2, 0) is 0 Å². The number of amides is 1. The van der Waals surface area contributed by atoms with E-state index in [1.165, 1.54) is 0 Å². The molecule has 0 fully saturated rings. The smallest absolute Gasteiger partial charge is 0.257 e. The molecule has 0 atom stereocenters. The van der Waals surface area contributed by atoms with Crippen LogP contribution < -0.4 is 20.1 Å². The zero-order valence-electron chi connectivity index (χ0n) is 15.5. The quantitative estimate of drug-likeness (QED) is 0.521. The molecule has 2 rings (SSSR count). The number of benzene rings is 2. The summed E-state index contributed by atoms with van der Waals surface area (Å²) in [5.74, 6) is 1.37. The van der Waals surface area contributed by atoms with Crippen LogP contribution in [0.4, 0.5) is 5.69 Å². The Morgan fingerprint density at radius 3 is 2.70 bits per heavy atom. The van der Waals surface area contributed by atoms with Crippen molar-refractivity contribution in [1.82, 2.24) is 5.32 Å². The highest BCUT2D eigenvalue weighted by Crippen LogP contribution is 2.23. The number of rotatable bonds is 8. The summed E-state index contributed by atoms with van der Waals surface area (Å²) in [4.78, 5) is 12.5. The van der Waals surface area contributed by atoms with Crippen LogP contribution >= 0.6 is 12.2 Å². The molecule has 0 saturated heterocycles. The molecule has 0 aliphatic heterocycles. The maximum absolute atomic E-state index is 12.5. The van der Waals surface area contributed by atoms with Crippen molar-refractivity contribution in [3.8, 4) is 11.5 Å². The molecule has 0 spiro atoms. The largest absolute Gasteiger partial charge is 0.493 e. The van der Waals surface area contributed by atoms with Crippen molar-refractivity contribution in [2.45, 2.75) is 13.8 Å². The maximum atomic E-state index is 12.5. The second kappa shape index (κ2) is 10.3. The van der Waals surface area contributed by atoms with Crippen LogP contribution in [0, 0.1) is 5.92 Å². The van der Waals surface area contributed by atoms with E-state index >= 15 is 0 Å². The fraction of sp³-hybridized carbons (Fsp3) is 0.238. The van der Waals surface area contributed by atoms with Gasteiger partial charge in [0.15, 0.2) is 5.11 Å². The minimum Gasteiger partial charge on any atom is -0.493 e. The first-order chi connectivity index (χ1) is 13.0. The Balaban J connectivity index is 1.99. The summed E-state index contributed by atoms with van der Waals surface area (Å²) in [6.07, 6.45) is 1.66. The Morgan fingerprint density at radius 2 is 1.96 bits per heavy atom. The monoisotopic (exact) mass is 384 g/mol. The van der Waals surface area contributed by atoms with Crippen LogP contribution in [0.2, 0.25) is 0 Å². The van der Waals surface area contributed by atoms with Gasteiger partial charge >= 0.3 is 0 Å². The molecular formula is C21H24N2O3S. The van der Waals surface area contributed by atoms with Crippen LogP contribution in [0.5, 0.6) is 11.5 Å². The van der Waals surface area contributed by atoms with Crippen LogP contribution in [0.15, 0.2) is 61.2 Å². The van der Waals surface area contributed by atoms with Gasteiger partial charge in [-0.05, 0) is 48.5 Å². The summed E-state index contributed by atoms with van der Waals surface area (Å²) < 4.78 is 11.2. The third-order valence-electron chi connectivity index (χ3n) is 3.40. The molecule has 0 heterocycles. The standard InChI is InChI=1S/C21H24N2O3S/c1-4-12-25-19-11-6-5-10-18(19)22-21(27)23-20(24)16-8-7-9-17(13-16)26-14-15(2)3/h4-11,13,15H,1,12,14H2,2-3H3,(H2,22,23,24,27). The van der Waals surface area contributed by atoms with E-state index < -0.39 is 0 Å². The van der Waals surface area contributed by atoms with Crippen molar-refractivity contribution in [2.24, 2.45) is 5.92 Å². The number of thiocarbonyl (C=S) groups is 1. The third kappa shape index (κ3) is 6.75. The van der Waals surface area contributed by atoms with Gasteiger partial charge in [-0.1, -0.05) is 44.7 Å². The van der Waals surface area contributed by atoms with E-state index in [1.54, 1.807) is 24.3 Å². The van der Waals surface area contributed by atoms with E-state index in [4.69, 9.17) is 21.7 Å². The van der Waals surface area contributed by atoms with Crippen molar-refractivity contribution in [3.63, 3.8) is 0 Å². The SMILES string of the molecule is C=CCOc1ccccc1NC(=S)NC(=O)c1cccc(OCC(C)C)c1. The molecule has 0 aromatic heterocycles. The summed E-state index contributed by atoms with van der Waals surface area (Å²) in [7, 11) is 0. The summed E-state index contributed by atoms with van der Waals surface area (Å²) in [5, 5.41) is 5.84. The summed E-state index contributed by atoms with van der Waals surface area (Å²) in [6.45, 7) is 8.73. The van der Waals surface area contributed by atoms with Gasteiger partial charge in [-0.25, -0.2) is 0 Å². The molecule has 2 N–H and O–H groups in total. The maximum Gasteiger partial charge on any atom is 0.257 e. The van der Waals surface area contributed by atoms with Gasteiger partial charge in [-0.2, -0.15) is 0 Å². The van der Waals surface area contributed by atoms with Gasteiger partial charge in [0, 0.05) is 5.56 Å². The molecule has 0 aliphatic carbocycles. The average Bonchev–Trinajstić information content (AvgIpc) is 2.65. The first kappa shape index (κ1) is 20.5. The fourth-order valence-electron chi connectivity index (χ4n) is 2.16. The van der Waals surface area contributed by atoms with Gasteiger partial charge in [0.1, 0.15) is 18.1 Å². The number of carbonyl (C=O) groups excluding carboxylic acids is 1. The van der Waals surface area contributed by atoms with Gasteiger partial charge in [0.25, 0.3) is 5.91 Å². The number of carbonyl (C=O) groups is 1. The minimum absolute atomic E-state index is 0.183. The van der Waals surface area contributed by atoms with Crippen molar-refractivity contribution < 1.29 is 14.3 Å². The zero-order chi connectivity index (χ0) is 19.6. The predicted octanol–water partition coefficient (Wildman–Crippen LogP) is 4.41. The lowest BCUT2D eigenvalue weighted by Crippen LogP contribution is -2.34. The number of ether oxygens (including phenoxy) is 2. The van der Waals surface area contributed by atoms with Crippen LogP contribution in [0.1, 0.15) is 24.2 Å². The molecule has 27 heavy (non-hydrogen) atoms. The van der Waals surface area contributed by atoms with Crippen molar-refractivity contribution in [1.29, 1.82) is 0 Å². The molecule has 0 aliphatic rings. The van der Waals surface area contributed by atoms with E-state index in [-0.39, 0.29) is 11.0 Å². The van der Waals surface area contributed by atoms with Gasteiger partial charge in [-0.3, -0.25) is 10.1 Å². The number of anilines is 1. The van der Waals surface area contributed by atoms with E-state index in [1.807, 2.05) is 30.3 Å². The fourth-order valence-corrected chi connectivity index (χ4v) is 2.37. The Kier molecular flexibility index (Phi) is 7.82. The molecule has 5 nitrogen and oxygen atoms in total. The lowest BCUT2D eigenvalue weighted by Gasteiger charge is -2.14. The summed E-state index contributed by atoms with van der Waals surface area (Å²) in [5.41, 5.74) is 1.13. The van der Waals surface area contributed by atoms with Crippen molar-refractivity contribution in [3.05, 3.63) is 66.7 Å². The molecular weight excluding hydrogens is 360 g/mol. The van der Waals surface area contributed by atoms with Gasteiger partial charge in [0.2, 0.25) is 0 Å². The minimum atomic E-state index is -0.313. The van der Waals surface area contributed by atoms with E-state index in [2.05, 4.69) is 31.1 Å². The predicted molar refractivity (Wildman–Crippen MR) is 113 cm³/mol. The van der Waals surface area contributed by atoms with Gasteiger partial charge in [-0.15, -0.1) is 0 Å². The number of nitrogens with one attached hydrogen (secondary N) is 2. The van der Waals surface area contributed by atoms with Crippen LogP contribution in [-0.4, -0.2) is 24.2 Å². The molecule has 0 radical (unpaired) electrons. The van der Waals surface area contributed by atoms with Crippen LogP contribution in [0.3, 0.4) is 0 Å². The second-order valence-electron chi connectivity index (χ2n) is 6.24. The van der Waals surface area contributed by atoms with Gasteiger partial charge < -0.3 is 14.8 Å². The topological polar surface area (TPSA) is 59.6 Å². The van der Waals surface area contributed by atoms with Crippen LogP contribution in [0.25, 0.3) is 0 Å². The normalized spacial score (nSPS) is 10.2. The first-order valence-corrected chi connectivity index (χ1v) is 9.08. The Labute approximate surface area is 165 Å². The van der Waals surface area contributed by atoms with E-state index in [0.717, 1.165) is 0 Å². The average molecular weight is 385 g/mol. The molecule has 0 saturated carbocycles.